The number of unbranched alkanes of at least 4 members (excludes halogenated alkanes) is 4. The lowest BCUT2D eigenvalue weighted by molar-refractivity contribution is 0.0631. The fraction of sp³-hybridized carbons (Fsp3) is 1.00. The standard InChI is InChI=1S/C22H54N2O6Si3/c1-10-19-24(33(28-7,29-8)30-9)21-31-22(32(25-4,26-5)27-6)18-16-14-13-15-17-20-23(11-2)12-3/h22H,10-21,31H2,1-9H3. The Bertz CT molecular complexity index is 439. The summed E-state index contributed by atoms with van der Waals surface area (Å²) in [5.41, 5.74) is 0. The van der Waals surface area contributed by atoms with Crippen molar-refractivity contribution in [2.24, 2.45) is 0 Å². The zero-order valence-corrected chi connectivity index (χ0v) is 26.5. The molecule has 0 aromatic carbocycles. The van der Waals surface area contributed by atoms with Crippen LogP contribution in [0.4, 0.5) is 0 Å². The monoisotopic (exact) mass is 526 g/mol. The molecule has 0 amide bonds. The Kier molecular flexibility index (Phi) is 19.7. The number of nitrogens with zero attached hydrogens (tertiary/aromatic N) is 2. The van der Waals surface area contributed by atoms with E-state index in [9.17, 15) is 0 Å². The van der Waals surface area contributed by atoms with Crippen LogP contribution < -0.4 is 0 Å². The van der Waals surface area contributed by atoms with Gasteiger partial charge in [0.15, 0.2) is 0 Å². The Morgan fingerprint density at radius 1 is 0.667 bits per heavy atom. The minimum Gasteiger partial charge on any atom is -0.377 e. The van der Waals surface area contributed by atoms with Gasteiger partial charge in [0.1, 0.15) is 0 Å². The van der Waals surface area contributed by atoms with E-state index in [1.54, 1.807) is 42.7 Å². The third-order valence-corrected chi connectivity index (χ3v) is 17.2. The van der Waals surface area contributed by atoms with Gasteiger partial charge >= 0.3 is 17.8 Å². The smallest absolute Gasteiger partial charge is 0.377 e. The molecule has 0 bridgehead atoms. The number of hydrogen-bond donors (Lipinski definition) is 0. The van der Waals surface area contributed by atoms with E-state index in [0.29, 0.717) is 5.16 Å². The van der Waals surface area contributed by atoms with Crippen molar-refractivity contribution >= 4 is 27.3 Å². The summed E-state index contributed by atoms with van der Waals surface area (Å²) in [6.07, 6.45) is 9.33. The minimum absolute atomic E-state index is 0.352. The van der Waals surface area contributed by atoms with Gasteiger partial charge < -0.3 is 31.5 Å². The molecule has 200 valence electrons. The summed E-state index contributed by atoms with van der Waals surface area (Å²) in [6.45, 7) is 11.0. The lowest BCUT2D eigenvalue weighted by Gasteiger charge is -2.37. The average molecular weight is 527 g/mol. The van der Waals surface area contributed by atoms with E-state index in [2.05, 4.69) is 30.2 Å². The Balaban J connectivity index is 5.01. The van der Waals surface area contributed by atoms with Gasteiger partial charge in [-0.1, -0.05) is 46.5 Å². The molecule has 0 aliphatic carbocycles. The van der Waals surface area contributed by atoms with Crippen LogP contribution in [0.1, 0.15) is 65.7 Å². The highest BCUT2D eigenvalue weighted by Crippen LogP contribution is 2.30. The van der Waals surface area contributed by atoms with Crippen molar-refractivity contribution in [3.8, 4) is 0 Å². The van der Waals surface area contributed by atoms with Crippen molar-refractivity contribution in [1.29, 1.82) is 0 Å². The van der Waals surface area contributed by atoms with Crippen molar-refractivity contribution in [2.75, 3.05) is 75.0 Å². The maximum atomic E-state index is 5.92. The van der Waals surface area contributed by atoms with Crippen LogP contribution in [0, 0.1) is 0 Å². The van der Waals surface area contributed by atoms with E-state index < -0.39 is 27.3 Å². The minimum atomic E-state index is -2.84. The summed E-state index contributed by atoms with van der Waals surface area (Å²) in [5, 5.41) is 0.352. The SMILES string of the molecule is CCCN(C[SiH2]C(CCCCCCCN(CC)CC)[Si](OC)(OC)OC)[Si](OC)(OC)OC. The molecule has 1 unspecified atom stereocenters. The van der Waals surface area contributed by atoms with Crippen LogP contribution in [0.5, 0.6) is 0 Å². The highest BCUT2D eigenvalue weighted by atomic mass is 28.4. The van der Waals surface area contributed by atoms with Gasteiger partial charge in [0.05, 0.1) is 0 Å². The molecule has 0 spiro atoms. The number of hydrogen-bond acceptors (Lipinski definition) is 8. The molecule has 0 aliphatic rings. The van der Waals surface area contributed by atoms with Crippen LogP contribution >= 0.6 is 0 Å². The predicted molar refractivity (Wildman–Crippen MR) is 143 cm³/mol. The molecular weight excluding hydrogens is 473 g/mol. The Morgan fingerprint density at radius 2 is 1.18 bits per heavy atom. The summed E-state index contributed by atoms with van der Waals surface area (Å²) < 4.78 is 37.4. The fourth-order valence-electron chi connectivity index (χ4n) is 4.65. The highest BCUT2D eigenvalue weighted by molar-refractivity contribution is 6.74. The molecular formula is C22H54N2O6Si3. The molecule has 0 N–H and O–H groups in total. The fourth-order valence-corrected chi connectivity index (χ4v) is 14.7. The third-order valence-electron chi connectivity index (χ3n) is 6.68. The number of rotatable bonds is 23. The van der Waals surface area contributed by atoms with Crippen LogP contribution in [0.15, 0.2) is 0 Å². The normalized spacial score (nSPS) is 14.3. The Morgan fingerprint density at radius 3 is 1.64 bits per heavy atom. The van der Waals surface area contributed by atoms with Crippen LogP contribution in [0.2, 0.25) is 5.16 Å². The van der Waals surface area contributed by atoms with E-state index in [0.717, 1.165) is 38.6 Å². The molecule has 0 rings (SSSR count). The van der Waals surface area contributed by atoms with Crippen molar-refractivity contribution < 1.29 is 26.6 Å². The van der Waals surface area contributed by atoms with Crippen LogP contribution in [0.3, 0.4) is 0 Å². The Hall–Kier alpha value is 0.331. The molecule has 0 fully saturated rings. The first-order chi connectivity index (χ1) is 15.9. The van der Waals surface area contributed by atoms with Crippen molar-refractivity contribution in [3.63, 3.8) is 0 Å². The van der Waals surface area contributed by atoms with Crippen LogP contribution in [-0.2, 0) is 26.6 Å². The Labute approximate surface area is 209 Å². The highest BCUT2D eigenvalue weighted by Gasteiger charge is 2.50. The lowest BCUT2D eigenvalue weighted by Crippen LogP contribution is -2.61. The summed E-state index contributed by atoms with van der Waals surface area (Å²) in [7, 11) is 4.05. The molecule has 0 aromatic rings. The van der Waals surface area contributed by atoms with Crippen LogP contribution in [0.25, 0.3) is 0 Å². The summed E-state index contributed by atoms with van der Waals surface area (Å²) >= 11 is 0. The van der Waals surface area contributed by atoms with Crippen LogP contribution in [-0.4, -0.2) is 112 Å². The second kappa shape index (κ2) is 19.5. The first kappa shape index (κ1) is 33.3. The van der Waals surface area contributed by atoms with E-state index in [1.807, 2.05) is 0 Å². The van der Waals surface area contributed by atoms with Gasteiger partial charge in [-0.3, -0.25) is 4.57 Å². The maximum Gasteiger partial charge on any atom is 0.598 e. The molecule has 33 heavy (non-hydrogen) atoms. The van der Waals surface area contributed by atoms with E-state index in [-0.39, 0.29) is 0 Å². The van der Waals surface area contributed by atoms with Gasteiger partial charge in [0.2, 0.25) is 0 Å². The molecule has 1 atom stereocenters. The van der Waals surface area contributed by atoms with E-state index in [4.69, 9.17) is 26.6 Å². The van der Waals surface area contributed by atoms with Crippen molar-refractivity contribution in [3.05, 3.63) is 0 Å². The van der Waals surface area contributed by atoms with Gasteiger partial charge in [-0.15, -0.1) is 0 Å². The lowest BCUT2D eigenvalue weighted by atomic mass is 10.1. The average Bonchev–Trinajstić information content (AvgIpc) is 2.86. The molecule has 0 aliphatic heterocycles. The molecule has 0 radical (unpaired) electrons. The summed E-state index contributed by atoms with van der Waals surface area (Å²) in [4.78, 5) is 2.50. The van der Waals surface area contributed by atoms with E-state index in [1.165, 1.54) is 38.6 Å². The van der Waals surface area contributed by atoms with Gasteiger partial charge in [-0.2, -0.15) is 0 Å². The first-order valence-electron chi connectivity index (χ1n) is 12.7. The zero-order chi connectivity index (χ0) is 25.2. The molecule has 8 nitrogen and oxygen atoms in total. The topological polar surface area (TPSA) is 61.9 Å². The van der Waals surface area contributed by atoms with Crippen molar-refractivity contribution in [1.82, 2.24) is 9.47 Å². The summed E-state index contributed by atoms with van der Waals surface area (Å²) in [6, 6.07) is 0. The molecule has 0 saturated heterocycles. The molecule has 0 saturated carbocycles. The summed E-state index contributed by atoms with van der Waals surface area (Å²) in [5.74, 6) is 0. The van der Waals surface area contributed by atoms with Gasteiger partial charge in [0, 0.05) is 57.3 Å². The van der Waals surface area contributed by atoms with Crippen molar-refractivity contribution in [2.45, 2.75) is 70.9 Å². The largest absolute Gasteiger partial charge is 0.598 e. The maximum absolute atomic E-state index is 5.92. The zero-order valence-electron chi connectivity index (χ0n) is 23.1. The third kappa shape index (κ3) is 10.9. The van der Waals surface area contributed by atoms with Gasteiger partial charge in [0.25, 0.3) is 0 Å². The second-order valence-corrected chi connectivity index (χ2v) is 17.4. The van der Waals surface area contributed by atoms with E-state index >= 15 is 0 Å². The quantitative estimate of drug-likeness (QED) is 0.149. The first-order valence-corrected chi connectivity index (χ1v) is 18.0. The van der Waals surface area contributed by atoms with Gasteiger partial charge in [-0.05, 0) is 51.6 Å². The predicted octanol–water partition coefficient (Wildman–Crippen LogP) is 3.09. The molecule has 0 heterocycles. The molecule has 0 aromatic heterocycles. The molecule has 11 heteroatoms. The second-order valence-electron chi connectivity index (χ2n) is 8.41. The van der Waals surface area contributed by atoms with Gasteiger partial charge in [-0.25, -0.2) is 0 Å².